The van der Waals surface area contributed by atoms with Gasteiger partial charge in [-0.3, -0.25) is 24.7 Å². The minimum Gasteiger partial charge on any atom is -0.501 e. The van der Waals surface area contributed by atoms with E-state index in [0.29, 0.717) is 5.92 Å². The van der Waals surface area contributed by atoms with Crippen LogP contribution in [0.4, 0.5) is 5.69 Å². The molecule has 0 spiro atoms. The lowest BCUT2D eigenvalue weighted by molar-refractivity contribution is -0.384. The second kappa shape index (κ2) is 8.15. The van der Waals surface area contributed by atoms with Crippen molar-refractivity contribution in [2.45, 2.75) is 45.1 Å². The second-order valence-corrected chi connectivity index (χ2v) is 6.93. The van der Waals surface area contributed by atoms with Crippen molar-refractivity contribution >= 4 is 11.6 Å². The van der Waals surface area contributed by atoms with Crippen molar-refractivity contribution < 1.29 is 14.8 Å². The summed E-state index contributed by atoms with van der Waals surface area (Å²) in [6, 6.07) is 2.19. The molecule has 1 saturated carbocycles. The fourth-order valence-electron chi connectivity index (χ4n) is 3.44. The molecule has 1 amide bonds. The van der Waals surface area contributed by atoms with Crippen molar-refractivity contribution in [2.24, 2.45) is 5.92 Å². The maximum atomic E-state index is 12.6. The molecule has 0 radical (unpaired) electrons. The number of nitro groups is 1. The molecule has 1 fully saturated rings. The molecule has 28 heavy (non-hydrogen) atoms. The van der Waals surface area contributed by atoms with Crippen LogP contribution in [0.5, 0.6) is 5.75 Å². The first-order valence-electron chi connectivity index (χ1n) is 9.11. The van der Waals surface area contributed by atoms with Crippen LogP contribution >= 0.6 is 0 Å². The molecule has 0 aliphatic heterocycles. The molecule has 3 rings (SSSR count). The molecule has 0 saturated heterocycles. The first kappa shape index (κ1) is 19.5. The van der Waals surface area contributed by atoms with Crippen LogP contribution in [0.3, 0.4) is 0 Å². The minimum absolute atomic E-state index is 0.0145. The van der Waals surface area contributed by atoms with E-state index in [4.69, 9.17) is 0 Å². The number of carbonyl (C=O) groups excluding carboxylic acids is 1. The Morgan fingerprint density at radius 2 is 2.11 bits per heavy atom. The quantitative estimate of drug-likeness (QED) is 0.525. The van der Waals surface area contributed by atoms with Crippen LogP contribution in [0, 0.1) is 16.0 Å². The number of carbonyl (C=O) groups is 1. The Bertz CT molecular complexity index is 952. The number of hydrogen-bond donors (Lipinski definition) is 3. The maximum Gasteiger partial charge on any atom is 0.294 e. The molecule has 1 aliphatic rings. The molecule has 2 aromatic heterocycles. The smallest absolute Gasteiger partial charge is 0.294 e. The van der Waals surface area contributed by atoms with Crippen LogP contribution in [-0.4, -0.2) is 36.9 Å². The van der Waals surface area contributed by atoms with Crippen molar-refractivity contribution in [2.75, 3.05) is 0 Å². The van der Waals surface area contributed by atoms with Crippen molar-refractivity contribution in [1.82, 2.24) is 20.3 Å². The van der Waals surface area contributed by atoms with E-state index >= 15 is 0 Å². The number of pyridine rings is 1. The van der Waals surface area contributed by atoms with E-state index in [1.165, 1.54) is 18.7 Å². The van der Waals surface area contributed by atoms with E-state index in [-0.39, 0.29) is 23.2 Å². The minimum atomic E-state index is -0.922. The molecular formula is C18H21N5O5. The van der Waals surface area contributed by atoms with Crippen molar-refractivity contribution in [3.05, 3.63) is 44.5 Å². The van der Waals surface area contributed by atoms with E-state index < -0.39 is 27.8 Å². The van der Waals surface area contributed by atoms with E-state index in [1.54, 1.807) is 0 Å². The molecule has 1 unspecified atom stereocenters. The second-order valence-electron chi connectivity index (χ2n) is 6.93. The number of nitrogens with zero attached hydrogens (tertiary/aromatic N) is 3. The third-order valence-corrected chi connectivity index (χ3v) is 5.02. The van der Waals surface area contributed by atoms with Gasteiger partial charge in [0.15, 0.2) is 11.5 Å². The zero-order chi connectivity index (χ0) is 20.3. The van der Waals surface area contributed by atoms with Crippen molar-refractivity contribution in [3.63, 3.8) is 0 Å². The van der Waals surface area contributed by atoms with Gasteiger partial charge >= 0.3 is 0 Å². The van der Waals surface area contributed by atoms with Crippen molar-refractivity contribution in [1.29, 1.82) is 0 Å². The summed E-state index contributed by atoms with van der Waals surface area (Å²) in [5, 5.41) is 23.7. The maximum absolute atomic E-state index is 12.6. The number of aromatic nitrogens is 3. The summed E-state index contributed by atoms with van der Waals surface area (Å²) < 4.78 is 0. The molecule has 3 N–H and O–H groups in total. The summed E-state index contributed by atoms with van der Waals surface area (Å²) in [6.45, 7) is 1.89. The van der Waals surface area contributed by atoms with Crippen LogP contribution in [0.2, 0.25) is 0 Å². The number of aromatic hydroxyl groups is 1. The van der Waals surface area contributed by atoms with Gasteiger partial charge in [0.2, 0.25) is 5.75 Å². The molecular weight excluding hydrogens is 366 g/mol. The topological polar surface area (TPSA) is 151 Å². The first-order chi connectivity index (χ1) is 13.4. The zero-order valence-electron chi connectivity index (χ0n) is 15.3. The van der Waals surface area contributed by atoms with Crippen molar-refractivity contribution in [3.8, 4) is 17.3 Å². The van der Waals surface area contributed by atoms with Gasteiger partial charge < -0.3 is 15.4 Å². The van der Waals surface area contributed by atoms with Gasteiger partial charge in [0.1, 0.15) is 5.69 Å². The predicted molar refractivity (Wildman–Crippen MR) is 99.9 cm³/mol. The molecule has 2 heterocycles. The van der Waals surface area contributed by atoms with Gasteiger partial charge in [-0.15, -0.1) is 0 Å². The molecule has 0 aromatic carbocycles. The average molecular weight is 387 g/mol. The highest BCUT2D eigenvalue weighted by Crippen LogP contribution is 2.26. The lowest BCUT2D eigenvalue weighted by Gasteiger charge is -2.28. The normalized spacial score (nSPS) is 15.8. The Balaban J connectivity index is 1.89. The number of H-pyrrole nitrogens is 1. The monoisotopic (exact) mass is 387 g/mol. The third-order valence-electron chi connectivity index (χ3n) is 5.02. The van der Waals surface area contributed by atoms with Gasteiger partial charge in [-0.1, -0.05) is 19.3 Å². The van der Waals surface area contributed by atoms with Gasteiger partial charge in [-0.2, -0.15) is 0 Å². The highest BCUT2D eigenvalue weighted by Gasteiger charge is 2.25. The van der Waals surface area contributed by atoms with Gasteiger partial charge in [0, 0.05) is 24.4 Å². The molecule has 148 valence electrons. The number of aromatic amines is 1. The average Bonchev–Trinajstić information content (AvgIpc) is 2.70. The third kappa shape index (κ3) is 4.16. The number of amides is 1. The fourth-order valence-corrected chi connectivity index (χ4v) is 3.44. The van der Waals surface area contributed by atoms with Gasteiger partial charge in [-0.25, -0.2) is 4.98 Å². The van der Waals surface area contributed by atoms with E-state index in [1.807, 2.05) is 6.92 Å². The van der Waals surface area contributed by atoms with Crippen LogP contribution in [0.1, 0.15) is 49.5 Å². The fraction of sp³-hybridized carbons (Fsp3) is 0.444. The van der Waals surface area contributed by atoms with Crippen LogP contribution in [0.25, 0.3) is 11.5 Å². The summed E-state index contributed by atoms with van der Waals surface area (Å²) in [5.41, 5.74) is -1.58. The van der Waals surface area contributed by atoms with E-state index in [2.05, 4.69) is 20.3 Å². The van der Waals surface area contributed by atoms with Gasteiger partial charge in [0.05, 0.1) is 4.92 Å². The highest BCUT2D eigenvalue weighted by atomic mass is 16.6. The predicted octanol–water partition coefficient (Wildman–Crippen LogP) is 2.14. The first-order valence-corrected chi connectivity index (χ1v) is 9.11. The largest absolute Gasteiger partial charge is 0.501 e. The molecule has 0 bridgehead atoms. The Kier molecular flexibility index (Phi) is 5.67. The standard InChI is InChI=1S/C18H21N5O5/c1-10(11-5-3-2-4-6-11)20-17(25)14-15(24)18(26)22-16(21-14)13-9-12(23(27)28)7-8-19-13/h7-11,24H,2-6H2,1H3,(H,20,25)(H,21,22,26). The Morgan fingerprint density at radius 3 is 2.79 bits per heavy atom. The molecule has 1 atom stereocenters. The van der Waals surface area contributed by atoms with Crippen LogP contribution in [-0.2, 0) is 0 Å². The molecule has 1 aliphatic carbocycles. The molecule has 10 nitrogen and oxygen atoms in total. The van der Waals surface area contributed by atoms with Gasteiger partial charge in [-0.05, 0) is 25.7 Å². The van der Waals surface area contributed by atoms with Crippen LogP contribution in [0.15, 0.2) is 23.1 Å². The number of hydrogen-bond acceptors (Lipinski definition) is 7. The SMILES string of the molecule is CC(NC(=O)c1nc(-c2cc([N+](=O)[O-])ccn2)[nH]c(=O)c1O)C1CCCCC1. The number of rotatable bonds is 5. The lowest BCUT2D eigenvalue weighted by atomic mass is 9.84. The Labute approximate surface area is 160 Å². The Morgan fingerprint density at radius 1 is 1.39 bits per heavy atom. The summed E-state index contributed by atoms with van der Waals surface area (Å²) in [5.74, 6) is -1.28. The van der Waals surface area contributed by atoms with E-state index in [9.17, 15) is 24.8 Å². The van der Waals surface area contributed by atoms with Crippen LogP contribution < -0.4 is 10.9 Å². The summed E-state index contributed by atoms with van der Waals surface area (Å²) >= 11 is 0. The highest BCUT2D eigenvalue weighted by molar-refractivity contribution is 5.95. The summed E-state index contributed by atoms with van der Waals surface area (Å²) in [7, 11) is 0. The van der Waals surface area contributed by atoms with E-state index in [0.717, 1.165) is 31.7 Å². The zero-order valence-corrected chi connectivity index (χ0v) is 15.3. The summed E-state index contributed by atoms with van der Waals surface area (Å²) in [6.07, 6.45) is 6.64. The lowest BCUT2D eigenvalue weighted by Crippen LogP contribution is -2.39. The summed E-state index contributed by atoms with van der Waals surface area (Å²) in [4.78, 5) is 45.2. The number of nitrogens with one attached hydrogen (secondary N) is 2. The Hall–Kier alpha value is -3.30. The van der Waals surface area contributed by atoms with Gasteiger partial charge in [0.25, 0.3) is 17.2 Å². The molecule has 10 heteroatoms. The molecule has 2 aromatic rings.